The molecule has 4 heteroatoms. The SMILES string of the molecule is NCC1CCN(c2nsc3ccccc23)CC1. The quantitative estimate of drug-likeness (QED) is 0.886. The van der Waals surface area contributed by atoms with E-state index in [0.29, 0.717) is 5.92 Å². The molecule has 90 valence electrons. The van der Waals surface area contributed by atoms with Gasteiger partial charge >= 0.3 is 0 Å². The van der Waals surface area contributed by atoms with Gasteiger partial charge < -0.3 is 10.6 Å². The highest BCUT2D eigenvalue weighted by Gasteiger charge is 2.21. The van der Waals surface area contributed by atoms with Crippen molar-refractivity contribution in [2.45, 2.75) is 12.8 Å². The van der Waals surface area contributed by atoms with Crippen LogP contribution in [0.15, 0.2) is 24.3 Å². The lowest BCUT2D eigenvalue weighted by molar-refractivity contribution is 0.414. The largest absolute Gasteiger partial charge is 0.355 e. The van der Waals surface area contributed by atoms with E-state index < -0.39 is 0 Å². The summed E-state index contributed by atoms with van der Waals surface area (Å²) in [6.07, 6.45) is 2.39. The minimum Gasteiger partial charge on any atom is -0.355 e. The second kappa shape index (κ2) is 4.63. The summed E-state index contributed by atoms with van der Waals surface area (Å²) in [5, 5.41) is 1.30. The van der Waals surface area contributed by atoms with E-state index >= 15 is 0 Å². The van der Waals surface area contributed by atoms with E-state index in [2.05, 4.69) is 33.5 Å². The average Bonchev–Trinajstić information content (AvgIpc) is 2.83. The molecule has 1 aromatic heterocycles. The molecule has 0 bridgehead atoms. The summed E-state index contributed by atoms with van der Waals surface area (Å²) in [5.41, 5.74) is 5.73. The van der Waals surface area contributed by atoms with Gasteiger partial charge in [-0.2, -0.15) is 4.37 Å². The first-order chi connectivity index (χ1) is 8.38. The normalized spacial score (nSPS) is 17.8. The van der Waals surface area contributed by atoms with Gasteiger partial charge in [-0.15, -0.1) is 0 Å². The molecule has 0 aliphatic carbocycles. The van der Waals surface area contributed by atoms with Gasteiger partial charge in [0, 0.05) is 18.5 Å². The molecule has 2 N–H and O–H groups in total. The predicted molar refractivity (Wildman–Crippen MR) is 73.6 cm³/mol. The average molecular weight is 247 g/mol. The first kappa shape index (κ1) is 11.0. The molecule has 0 radical (unpaired) electrons. The van der Waals surface area contributed by atoms with E-state index in [1.807, 2.05) is 0 Å². The molecular formula is C13H17N3S. The number of nitrogens with two attached hydrogens (primary N) is 1. The summed E-state index contributed by atoms with van der Waals surface area (Å²) in [4.78, 5) is 2.41. The molecule has 1 aromatic carbocycles. The van der Waals surface area contributed by atoms with Gasteiger partial charge in [-0.1, -0.05) is 12.1 Å². The van der Waals surface area contributed by atoms with Crippen LogP contribution in [-0.4, -0.2) is 24.0 Å². The molecule has 1 saturated heterocycles. The number of hydrogen-bond donors (Lipinski definition) is 1. The topological polar surface area (TPSA) is 42.1 Å². The Balaban J connectivity index is 1.85. The zero-order chi connectivity index (χ0) is 11.7. The Labute approximate surface area is 105 Å². The predicted octanol–water partition coefficient (Wildman–Crippen LogP) is 2.47. The molecule has 2 heterocycles. The van der Waals surface area contributed by atoms with Gasteiger partial charge in [0.15, 0.2) is 0 Å². The van der Waals surface area contributed by atoms with Crippen LogP contribution in [0.2, 0.25) is 0 Å². The molecule has 0 spiro atoms. The van der Waals surface area contributed by atoms with Gasteiger partial charge in [-0.25, -0.2) is 0 Å². The first-order valence-corrected chi connectivity index (χ1v) is 6.95. The highest BCUT2D eigenvalue weighted by atomic mass is 32.1. The van der Waals surface area contributed by atoms with Gasteiger partial charge in [0.25, 0.3) is 0 Å². The highest BCUT2D eigenvalue weighted by molar-refractivity contribution is 7.13. The van der Waals surface area contributed by atoms with E-state index in [-0.39, 0.29) is 0 Å². The second-order valence-corrected chi connectivity index (χ2v) is 5.47. The van der Waals surface area contributed by atoms with Gasteiger partial charge in [0.2, 0.25) is 0 Å². The van der Waals surface area contributed by atoms with E-state index in [9.17, 15) is 0 Å². The molecule has 3 rings (SSSR count). The minimum atomic E-state index is 0.705. The number of rotatable bonds is 2. The van der Waals surface area contributed by atoms with Gasteiger partial charge in [-0.3, -0.25) is 0 Å². The minimum absolute atomic E-state index is 0.705. The number of hydrogen-bond acceptors (Lipinski definition) is 4. The molecule has 0 amide bonds. The van der Waals surface area contributed by atoms with Crippen molar-refractivity contribution in [1.82, 2.24) is 4.37 Å². The van der Waals surface area contributed by atoms with Crippen molar-refractivity contribution in [1.29, 1.82) is 0 Å². The molecule has 1 aliphatic rings. The zero-order valence-electron chi connectivity index (χ0n) is 9.80. The van der Waals surface area contributed by atoms with Gasteiger partial charge in [-0.05, 0) is 49.0 Å². The summed E-state index contributed by atoms with van der Waals surface area (Å²) in [6.45, 7) is 3.01. The number of fused-ring (bicyclic) bond motifs is 1. The second-order valence-electron chi connectivity index (χ2n) is 4.67. The molecule has 2 aromatic rings. The number of piperidine rings is 1. The Morgan fingerprint density at radius 1 is 1.29 bits per heavy atom. The maximum absolute atomic E-state index is 5.73. The van der Waals surface area contributed by atoms with Crippen LogP contribution in [0, 0.1) is 5.92 Å². The summed E-state index contributed by atoms with van der Waals surface area (Å²) in [7, 11) is 0. The molecule has 3 nitrogen and oxygen atoms in total. The lowest BCUT2D eigenvalue weighted by atomic mass is 9.97. The van der Waals surface area contributed by atoms with Crippen molar-refractivity contribution in [2.24, 2.45) is 11.7 Å². The van der Waals surface area contributed by atoms with Crippen LogP contribution in [0.4, 0.5) is 5.82 Å². The molecule has 1 fully saturated rings. The number of nitrogens with zero attached hydrogens (tertiary/aromatic N) is 2. The van der Waals surface area contributed by atoms with E-state index in [1.54, 1.807) is 11.5 Å². The van der Waals surface area contributed by atoms with Crippen LogP contribution >= 0.6 is 11.5 Å². The first-order valence-electron chi connectivity index (χ1n) is 6.18. The van der Waals surface area contributed by atoms with Crippen LogP contribution in [0.1, 0.15) is 12.8 Å². The lowest BCUT2D eigenvalue weighted by Crippen LogP contribution is -2.36. The summed E-state index contributed by atoms with van der Waals surface area (Å²) in [6, 6.07) is 8.48. The van der Waals surface area contributed by atoms with Crippen molar-refractivity contribution < 1.29 is 0 Å². The van der Waals surface area contributed by atoms with E-state index in [0.717, 1.165) is 19.6 Å². The third-order valence-electron chi connectivity index (χ3n) is 3.61. The van der Waals surface area contributed by atoms with E-state index in [4.69, 9.17) is 5.73 Å². The third-order valence-corrected chi connectivity index (χ3v) is 4.42. The molecule has 0 atom stereocenters. The Morgan fingerprint density at radius 2 is 2.06 bits per heavy atom. The fourth-order valence-electron chi connectivity index (χ4n) is 2.48. The Bertz CT molecular complexity index is 500. The van der Waals surface area contributed by atoms with Crippen molar-refractivity contribution >= 4 is 27.4 Å². The van der Waals surface area contributed by atoms with Crippen molar-refractivity contribution in [3.05, 3.63) is 24.3 Å². The van der Waals surface area contributed by atoms with Crippen LogP contribution in [0.3, 0.4) is 0 Å². The Kier molecular flexibility index (Phi) is 2.99. The Hall–Kier alpha value is -1.13. The van der Waals surface area contributed by atoms with Gasteiger partial charge in [0.1, 0.15) is 5.82 Å². The fourth-order valence-corrected chi connectivity index (χ4v) is 3.28. The van der Waals surface area contributed by atoms with Crippen LogP contribution in [0.25, 0.3) is 10.1 Å². The smallest absolute Gasteiger partial charge is 0.150 e. The van der Waals surface area contributed by atoms with Gasteiger partial charge in [0.05, 0.1) is 4.70 Å². The summed E-state index contributed by atoms with van der Waals surface area (Å²) < 4.78 is 5.89. The van der Waals surface area contributed by atoms with Crippen LogP contribution in [-0.2, 0) is 0 Å². The molecular weight excluding hydrogens is 230 g/mol. The monoisotopic (exact) mass is 247 g/mol. The standard InChI is InChI=1S/C13H17N3S/c14-9-10-5-7-16(8-6-10)13-11-3-1-2-4-12(11)17-15-13/h1-4,10H,5-9,14H2. The summed E-state index contributed by atoms with van der Waals surface area (Å²) in [5.74, 6) is 1.87. The molecule has 17 heavy (non-hydrogen) atoms. The number of benzene rings is 1. The van der Waals surface area contributed by atoms with Crippen molar-refractivity contribution in [2.75, 3.05) is 24.5 Å². The third kappa shape index (κ3) is 2.03. The maximum Gasteiger partial charge on any atom is 0.150 e. The Morgan fingerprint density at radius 3 is 2.82 bits per heavy atom. The highest BCUT2D eigenvalue weighted by Crippen LogP contribution is 2.31. The lowest BCUT2D eigenvalue weighted by Gasteiger charge is -2.31. The van der Waals surface area contributed by atoms with Crippen LogP contribution in [0.5, 0.6) is 0 Å². The zero-order valence-corrected chi connectivity index (χ0v) is 10.6. The molecule has 0 saturated carbocycles. The molecule has 1 aliphatic heterocycles. The number of aromatic nitrogens is 1. The van der Waals surface area contributed by atoms with Crippen molar-refractivity contribution in [3.63, 3.8) is 0 Å². The summed E-state index contributed by atoms with van der Waals surface area (Å²) >= 11 is 1.60. The van der Waals surface area contributed by atoms with Crippen LogP contribution < -0.4 is 10.6 Å². The van der Waals surface area contributed by atoms with E-state index in [1.165, 1.54) is 28.7 Å². The fraction of sp³-hybridized carbons (Fsp3) is 0.462. The molecule has 0 unspecified atom stereocenters. The maximum atomic E-state index is 5.73. The van der Waals surface area contributed by atoms with Crippen molar-refractivity contribution in [3.8, 4) is 0 Å². The number of anilines is 1.